The smallest absolute Gasteiger partial charge is 0.126 e. The molecule has 1 saturated carbocycles. The van der Waals surface area contributed by atoms with E-state index in [1.807, 2.05) is 0 Å². The second-order valence-electron chi connectivity index (χ2n) is 17.1. The Labute approximate surface area is 357 Å². The Balaban J connectivity index is 1.03. The minimum Gasteiger partial charge on any atom is -0.383 e. The predicted octanol–water partition coefficient (Wildman–Crippen LogP) is 14.6. The van der Waals surface area contributed by atoms with Crippen LogP contribution in [0.3, 0.4) is 0 Å². The van der Waals surface area contributed by atoms with Crippen molar-refractivity contribution in [2.24, 2.45) is 16.1 Å². The Morgan fingerprint density at radius 2 is 1.34 bits per heavy atom. The molecule has 0 aliphatic heterocycles. The van der Waals surface area contributed by atoms with Crippen LogP contribution >= 0.6 is 0 Å². The van der Waals surface area contributed by atoms with Crippen LogP contribution in [0.4, 0.5) is 0 Å². The summed E-state index contributed by atoms with van der Waals surface area (Å²) in [5, 5.41) is 4.86. The van der Waals surface area contributed by atoms with Crippen LogP contribution in [0.15, 0.2) is 211 Å². The molecule has 1 aromatic heterocycles. The fourth-order valence-corrected chi connectivity index (χ4v) is 9.93. The first-order valence-electron chi connectivity index (χ1n) is 21.6. The molecule has 2 aliphatic carbocycles. The maximum absolute atomic E-state index is 7.25. The molecule has 3 atom stereocenters. The van der Waals surface area contributed by atoms with E-state index < -0.39 is 0 Å². The van der Waals surface area contributed by atoms with Crippen molar-refractivity contribution in [1.29, 1.82) is 0 Å². The Morgan fingerprint density at radius 1 is 0.623 bits per heavy atom. The van der Waals surface area contributed by atoms with Crippen molar-refractivity contribution in [2.75, 3.05) is 0 Å². The Hall–Kier alpha value is -7.23. The third-order valence-electron chi connectivity index (χ3n) is 13.3. The van der Waals surface area contributed by atoms with Crippen LogP contribution in [0, 0.1) is 5.41 Å². The van der Waals surface area contributed by atoms with Crippen molar-refractivity contribution in [3.63, 3.8) is 0 Å². The first kappa shape index (κ1) is 36.8. The molecular weight excluding hydrogens is 739 g/mol. The van der Waals surface area contributed by atoms with Crippen molar-refractivity contribution in [3.8, 4) is 27.9 Å². The van der Waals surface area contributed by atoms with Gasteiger partial charge in [0.15, 0.2) is 0 Å². The zero-order chi connectivity index (χ0) is 40.9. The van der Waals surface area contributed by atoms with Gasteiger partial charge in [-0.15, -0.1) is 0 Å². The highest BCUT2D eigenvalue weighted by Gasteiger charge is 2.56. The summed E-state index contributed by atoms with van der Waals surface area (Å²) in [7, 11) is 0. The highest BCUT2D eigenvalue weighted by molar-refractivity contribution is 6.17. The third-order valence-corrected chi connectivity index (χ3v) is 13.3. The molecule has 0 amide bonds. The SMILES string of the molecule is CC1(C(/N=C(\N)c2ccc3c4c(-c5cccc(C6=CCCC=C6)c5)cccc4n(-c4ccccc4)c3c2)c2ccc3ccccc3c2)CC1c1ccc(-c2ccccc2)cc1. The molecule has 2 aliphatic rings. The molecule has 1 heterocycles. The highest BCUT2D eigenvalue weighted by Crippen LogP contribution is 2.66. The van der Waals surface area contributed by atoms with E-state index in [1.165, 1.54) is 66.1 Å². The lowest BCUT2D eigenvalue weighted by Gasteiger charge is -2.24. The van der Waals surface area contributed by atoms with Gasteiger partial charge in [-0.25, -0.2) is 0 Å². The molecule has 11 rings (SSSR count). The molecule has 9 aromatic rings. The molecular formula is C58H47N3. The van der Waals surface area contributed by atoms with E-state index in [9.17, 15) is 0 Å². The average Bonchev–Trinajstić information content (AvgIpc) is 3.91. The molecule has 294 valence electrons. The first-order chi connectivity index (χ1) is 30.0. The normalized spacial score (nSPS) is 18.1. The van der Waals surface area contributed by atoms with Gasteiger partial charge in [0, 0.05) is 27.4 Å². The summed E-state index contributed by atoms with van der Waals surface area (Å²) >= 11 is 0. The number of aliphatic imine (C=N–C) groups is 1. The molecule has 1 fully saturated rings. The van der Waals surface area contributed by atoms with Crippen molar-refractivity contribution in [1.82, 2.24) is 4.57 Å². The molecule has 0 spiro atoms. The van der Waals surface area contributed by atoms with Crippen LogP contribution in [0.25, 0.3) is 66.1 Å². The lowest BCUT2D eigenvalue weighted by molar-refractivity contribution is 0.437. The van der Waals surface area contributed by atoms with Crippen LogP contribution in [0.1, 0.15) is 60.4 Å². The highest BCUT2D eigenvalue weighted by atomic mass is 15.0. The topological polar surface area (TPSA) is 43.3 Å². The molecule has 0 radical (unpaired) electrons. The summed E-state index contributed by atoms with van der Waals surface area (Å²) in [6, 6.07) is 68.1. The number of hydrogen-bond donors (Lipinski definition) is 1. The molecule has 2 N–H and O–H groups in total. The summed E-state index contributed by atoms with van der Waals surface area (Å²) < 4.78 is 2.39. The van der Waals surface area contributed by atoms with Crippen molar-refractivity contribution < 1.29 is 0 Å². The van der Waals surface area contributed by atoms with Gasteiger partial charge in [0.05, 0.1) is 17.1 Å². The predicted molar refractivity (Wildman–Crippen MR) is 257 cm³/mol. The van der Waals surface area contributed by atoms with E-state index in [0.29, 0.717) is 11.8 Å². The Kier molecular flexibility index (Phi) is 9.12. The van der Waals surface area contributed by atoms with E-state index in [4.69, 9.17) is 10.7 Å². The summed E-state index contributed by atoms with van der Waals surface area (Å²) in [5.41, 5.74) is 21.4. The number of hydrogen-bond acceptors (Lipinski definition) is 1. The number of aromatic nitrogens is 1. The fraction of sp³-hybridized carbons (Fsp3) is 0.121. The molecule has 3 heteroatoms. The van der Waals surface area contributed by atoms with Gasteiger partial charge in [-0.3, -0.25) is 4.99 Å². The summed E-state index contributed by atoms with van der Waals surface area (Å²) in [6.07, 6.45) is 10.1. The number of nitrogens with zero attached hydrogens (tertiary/aromatic N) is 2. The number of benzene rings is 8. The van der Waals surface area contributed by atoms with Crippen molar-refractivity contribution in [2.45, 2.75) is 38.1 Å². The number of amidine groups is 1. The maximum Gasteiger partial charge on any atom is 0.126 e. The van der Waals surface area contributed by atoms with Crippen LogP contribution < -0.4 is 5.73 Å². The van der Waals surface area contributed by atoms with Crippen LogP contribution in [0.2, 0.25) is 0 Å². The van der Waals surface area contributed by atoms with Gasteiger partial charge in [-0.05, 0) is 117 Å². The van der Waals surface area contributed by atoms with Crippen LogP contribution in [0.5, 0.6) is 0 Å². The second-order valence-corrected chi connectivity index (χ2v) is 17.1. The summed E-state index contributed by atoms with van der Waals surface area (Å²) in [4.78, 5) is 5.56. The molecule has 3 nitrogen and oxygen atoms in total. The minimum absolute atomic E-state index is 0.114. The number of rotatable bonds is 9. The van der Waals surface area contributed by atoms with Gasteiger partial charge in [-0.2, -0.15) is 0 Å². The van der Waals surface area contributed by atoms with E-state index in [-0.39, 0.29) is 11.5 Å². The number of para-hydroxylation sites is 1. The zero-order valence-corrected chi connectivity index (χ0v) is 34.4. The van der Waals surface area contributed by atoms with Gasteiger partial charge in [-0.1, -0.05) is 177 Å². The van der Waals surface area contributed by atoms with E-state index >= 15 is 0 Å². The van der Waals surface area contributed by atoms with E-state index in [1.54, 1.807) is 0 Å². The summed E-state index contributed by atoms with van der Waals surface area (Å²) in [6.45, 7) is 2.40. The van der Waals surface area contributed by atoms with Gasteiger partial charge < -0.3 is 10.3 Å². The summed E-state index contributed by atoms with van der Waals surface area (Å²) in [5.74, 6) is 0.911. The minimum atomic E-state index is -0.139. The van der Waals surface area contributed by atoms with Gasteiger partial charge in [0.25, 0.3) is 0 Å². The molecule has 61 heavy (non-hydrogen) atoms. The lowest BCUT2D eigenvalue weighted by atomic mass is 9.87. The van der Waals surface area contributed by atoms with Gasteiger partial charge in [0.2, 0.25) is 0 Å². The number of fused-ring (bicyclic) bond motifs is 4. The van der Waals surface area contributed by atoms with Gasteiger partial charge >= 0.3 is 0 Å². The van der Waals surface area contributed by atoms with Crippen LogP contribution in [-0.4, -0.2) is 10.4 Å². The largest absolute Gasteiger partial charge is 0.383 e. The van der Waals surface area contributed by atoms with E-state index in [2.05, 4.69) is 218 Å². The molecule has 0 saturated heterocycles. The molecule has 0 bridgehead atoms. The average molecular weight is 786 g/mol. The third kappa shape index (κ3) is 6.67. The number of allylic oxidation sites excluding steroid dienone is 4. The van der Waals surface area contributed by atoms with Gasteiger partial charge in [0.1, 0.15) is 5.84 Å². The quantitative estimate of drug-likeness (QED) is 0.115. The molecule has 8 aromatic carbocycles. The fourth-order valence-electron chi connectivity index (χ4n) is 9.93. The van der Waals surface area contributed by atoms with Crippen molar-refractivity contribution in [3.05, 3.63) is 229 Å². The second kappa shape index (κ2) is 15.1. The molecule has 3 unspecified atom stereocenters. The first-order valence-corrected chi connectivity index (χ1v) is 21.6. The number of nitrogens with two attached hydrogens (primary N) is 1. The van der Waals surface area contributed by atoms with Crippen molar-refractivity contribution >= 4 is 44.0 Å². The lowest BCUT2D eigenvalue weighted by Crippen LogP contribution is -2.19. The maximum atomic E-state index is 7.25. The monoisotopic (exact) mass is 785 g/mol. The zero-order valence-electron chi connectivity index (χ0n) is 34.4. The Morgan fingerprint density at radius 3 is 2.15 bits per heavy atom. The van der Waals surface area contributed by atoms with Crippen LogP contribution in [-0.2, 0) is 0 Å². The standard InChI is InChI=1S/C58H47N3/c1-58(38-52(58)43-30-27-42(28-31-43)39-15-5-2-6-16-39)56(47-32-29-41-19-11-12-20-44(41)36-47)60-57(59)48-33-34-51-54(37-48)61(49-23-9-4-10-24-49)53-26-14-25-50(55(51)53)46-22-13-21-45(35-46)40-17-7-3-8-18-40/h2,4-7,9-37,52,56H,3,8,38H2,1H3,(H2,59,60). The van der Waals surface area contributed by atoms with E-state index in [0.717, 1.165) is 41.5 Å². The Bertz CT molecular complexity index is 3190.